The molecule has 21 heavy (non-hydrogen) atoms. The molecule has 118 valence electrons. The molecule has 0 saturated heterocycles. The SMILES string of the molecule is CCNc1ccc(C(=O)NCCS(=O)(=O)NCC)cc1C. The lowest BCUT2D eigenvalue weighted by molar-refractivity contribution is 0.0956. The Kier molecular flexibility index (Phi) is 6.64. The summed E-state index contributed by atoms with van der Waals surface area (Å²) in [4.78, 5) is 12.0. The highest BCUT2D eigenvalue weighted by Crippen LogP contribution is 2.16. The van der Waals surface area contributed by atoms with Crippen LogP contribution in [0.5, 0.6) is 0 Å². The highest BCUT2D eigenvalue weighted by Gasteiger charge is 2.11. The maximum absolute atomic E-state index is 12.0. The molecule has 1 rings (SSSR count). The zero-order valence-electron chi connectivity index (χ0n) is 12.7. The van der Waals surface area contributed by atoms with Gasteiger partial charge in [0, 0.05) is 30.9 Å². The molecule has 0 unspecified atom stereocenters. The molecular formula is C14H23N3O3S. The predicted molar refractivity (Wildman–Crippen MR) is 85.1 cm³/mol. The average molecular weight is 313 g/mol. The Labute approximate surface area is 126 Å². The van der Waals surface area contributed by atoms with Gasteiger partial charge in [-0.25, -0.2) is 13.1 Å². The van der Waals surface area contributed by atoms with E-state index >= 15 is 0 Å². The lowest BCUT2D eigenvalue weighted by Crippen LogP contribution is -2.34. The number of carbonyl (C=O) groups is 1. The number of hydrogen-bond donors (Lipinski definition) is 3. The van der Waals surface area contributed by atoms with E-state index in [2.05, 4.69) is 15.4 Å². The molecule has 0 aromatic heterocycles. The Bertz CT molecular complexity index is 585. The minimum atomic E-state index is -3.31. The van der Waals surface area contributed by atoms with E-state index in [1.807, 2.05) is 19.9 Å². The van der Waals surface area contributed by atoms with Gasteiger partial charge in [-0.05, 0) is 37.6 Å². The molecule has 0 fully saturated rings. The molecule has 0 bridgehead atoms. The second-order valence-electron chi connectivity index (χ2n) is 4.63. The van der Waals surface area contributed by atoms with E-state index in [0.717, 1.165) is 17.8 Å². The molecule has 0 aliphatic rings. The van der Waals surface area contributed by atoms with Gasteiger partial charge in [0.05, 0.1) is 5.75 Å². The Balaban J connectivity index is 2.58. The summed E-state index contributed by atoms with van der Waals surface area (Å²) in [6, 6.07) is 5.36. The minimum absolute atomic E-state index is 0.0855. The molecule has 0 heterocycles. The van der Waals surface area contributed by atoms with E-state index in [0.29, 0.717) is 12.1 Å². The summed E-state index contributed by atoms with van der Waals surface area (Å²) in [5.74, 6) is -0.394. The Morgan fingerprint density at radius 1 is 1.19 bits per heavy atom. The molecular weight excluding hydrogens is 290 g/mol. The number of sulfonamides is 1. The molecule has 0 aliphatic carbocycles. The number of amides is 1. The van der Waals surface area contributed by atoms with Gasteiger partial charge in [0.25, 0.3) is 5.91 Å². The van der Waals surface area contributed by atoms with Gasteiger partial charge in [0.1, 0.15) is 0 Å². The first-order valence-corrected chi connectivity index (χ1v) is 8.65. The third kappa shape index (κ3) is 5.73. The fourth-order valence-electron chi connectivity index (χ4n) is 1.89. The zero-order valence-corrected chi connectivity index (χ0v) is 13.5. The summed E-state index contributed by atoms with van der Waals surface area (Å²) in [5, 5.41) is 5.81. The second kappa shape index (κ2) is 7.99. The fraction of sp³-hybridized carbons (Fsp3) is 0.500. The first kappa shape index (κ1) is 17.5. The Hall–Kier alpha value is -1.60. The smallest absolute Gasteiger partial charge is 0.251 e. The first-order valence-electron chi connectivity index (χ1n) is 6.99. The Morgan fingerprint density at radius 3 is 2.48 bits per heavy atom. The summed E-state index contributed by atoms with van der Waals surface area (Å²) in [7, 11) is -3.31. The van der Waals surface area contributed by atoms with E-state index in [1.165, 1.54) is 0 Å². The molecule has 0 spiro atoms. The monoisotopic (exact) mass is 313 g/mol. The van der Waals surface area contributed by atoms with Crippen LogP contribution in [0.4, 0.5) is 5.69 Å². The lowest BCUT2D eigenvalue weighted by Gasteiger charge is -2.10. The molecule has 1 amide bonds. The van der Waals surface area contributed by atoms with Gasteiger partial charge in [0.15, 0.2) is 0 Å². The molecule has 1 aromatic rings. The largest absolute Gasteiger partial charge is 0.385 e. The van der Waals surface area contributed by atoms with E-state index in [9.17, 15) is 13.2 Å². The van der Waals surface area contributed by atoms with Gasteiger partial charge in [0.2, 0.25) is 10.0 Å². The standard InChI is InChI=1S/C14H23N3O3S/c1-4-15-13-7-6-12(10-11(13)3)14(18)16-8-9-21(19,20)17-5-2/h6-7,10,15,17H,4-5,8-9H2,1-3H3,(H,16,18). The van der Waals surface area contributed by atoms with Crippen LogP contribution >= 0.6 is 0 Å². The molecule has 7 heteroatoms. The predicted octanol–water partition coefficient (Wildman–Crippen LogP) is 1.10. The number of anilines is 1. The van der Waals surface area contributed by atoms with Crippen molar-refractivity contribution in [3.63, 3.8) is 0 Å². The van der Waals surface area contributed by atoms with Crippen LogP contribution in [0.2, 0.25) is 0 Å². The number of hydrogen-bond acceptors (Lipinski definition) is 4. The average Bonchev–Trinajstić information content (AvgIpc) is 2.40. The van der Waals surface area contributed by atoms with Crippen LogP contribution < -0.4 is 15.4 Å². The van der Waals surface area contributed by atoms with Crippen molar-refractivity contribution in [2.45, 2.75) is 20.8 Å². The van der Waals surface area contributed by atoms with Crippen molar-refractivity contribution in [2.24, 2.45) is 0 Å². The summed E-state index contributed by atoms with van der Waals surface area (Å²) in [6.45, 7) is 6.89. The molecule has 0 aliphatic heterocycles. The number of rotatable bonds is 8. The van der Waals surface area contributed by atoms with Gasteiger partial charge in [-0.15, -0.1) is 0 Å². The molecule has 0 radical (unpaired) electrons. The topological polar surface area (TPSA) is 87.3 Å². The quantitative estimate of drug-likeness (QED) is 0.670. The number of aryl methyl sites for hydroxylation is 1. The van der Waals surface area contributed by atoms with Crippen molar-refractivity contribution in [3.05, 3.63) is 29.3 Å². The number of nitrogens with one attached hydrogen (secondary N) is 3. The van der Waals surface area contributed by atoms with E-state index in [4.69, 9.17) is 0 Å². The van der Waals surface area contributed by atoms with Gasteiger partial charge in [-0.2, -0.15) is 0 Å². The Morgan fingerprint density at radius 2 is 1.90 bits per heavy atom. The third-order valence-electron chi connectivity index (χ3n) is 2.88. The van der Waals surface area contributed by atoms with E-state index in [1.54, 1.807) is 19.1 Å². The first-order chi connectivity index (χ1) is 9.89. The fourth-order valence-corrected chi connectivity index (χ4v) is 2.84. The van der Waals surface area contributed by atoms with Crippen LogP contribution in [0.1, 0.15) is 29.8 Å². The van der Waals surface area contributed by atoms with Gasteiger partial charge in [-0.1, -0.05) is 6.92 Å². The lowest BCUT2D eigenvalue weighted by atomic mass is 10.1. The van der Waals surface area contributed by atoms with Crippen molar-refractivity contribution < 1.29 is 13.2 Å². The number of carbonyl (C=O) groups excluding carboxylic acids is 1. The maximum Gasteiger partial charge on any atom is 0.251 e. The molecule has 6 nitrogen and oxygen atoms in total. The van der Waals surface area contributed by atoms with E-state index in [-0.39, 0.29) is 18.2 Å². The summed E-state index contributed by atoms with van der Waals surface area (Å²) < 4.78 is 25.3. The maximum atomic E-state index is 12.0. The van der Waals surface area contributed by atoms with Crippen LogP contribution in [0.15, 0.2) is 18.2 Å². The van der Waals surface area contributed by atoms with Crippen molar-refractivity contribution >= 4 is 21.6 Å². The highest BCUT2D eigenvalue weighted by molar-refractivity contribution is 7.89. The summed E-state index contributed by atoms with van der Waals surface area (Å²) in [5.41, 5.74) is 2.49. The van der Waals surface area contributed by atoms with Gasteiger partial charge < -0.3 is 10.6 Å². The van der Waals surface area contributed by atoms with Crippen LogP contribution in [0.25, 0.3) is 0 Å². The highest BCUT2D eigenvalue weighted by atomic mass is 32.2. The normalized spacial score (nSPS) is 11.2. The number of benzene rings is 1. The van der Waals surface area contributed by atoms with Crippen LogP contribution in [0.3, 0.4) is 0 Å². The van der Waals surface area contributed by atoms with Crippen LogP contribution in [-0.2, 0) is 10.0 Å². The molecule has 0 saturated carbocycles. The van der Waals surface area contributed by atoms with Crippen molar-refractivity contribution in [1.82, 2.24) is 10.0 Å². The van der Waals surface area contributed by atoms with Crippen molar-refractivity contribution in [1.29, 1.82) is 0 Å². The van der Waals surface area contributed by atoms with Crippen LogP contribution in [0, 0.1) is 6.92 Å². The summed E-state index contributed by atoms with van der Waals surface area (Å²) in [6.07, 6.45) is 0. The zero-order chi connectivity index (χ0) is 15.9. The minimum Gasteiger partial charge on any atom is -0.385 e. The van der Waals surface area contributed by atoms with Gasteiger partial charge in [-0.3, -0.25) is 4.79 Å². The van der Waals surface area contributed by atoms with Crippen molar-refractivity contribution in [2.75, 3.05) is 30.7 Å². The molecule has 3 N–H and O–H groups in total. The van der Waals surface area contributed by atoms with Crippen molar-refractivity contribution in [3.8, 4) is 0 Å². The molecule has 0 atom stereocenters. The van der Waals surface area contributed by atoms with Gasteiger partial charge >= 0.3 is 0 Å². The second-order valence-corrected chi connectivity index (χ2v) is 6.56. The molecule has 1 aromatic carbocycles. The van der Waals surface area contributed by atoms with E-state index < -0.39 is 10.0 Å². The summed E-state index contributed by atoms with van der Waals surface area (Å²) >= 11 is 0. The third-order valence-corrected chi connectivity index (χ3v) is 4.35. The van der Waals surface area contributed by atoms with Crippen LogP contribution in [-0.4, -0.2) is 39.7 Å².